The zero-order valence-corrected chi connectivity index (χ0v) is 21.4. The fraction of sp³-hybridized carbons (Fsp3) is 0.364. The molecule has 1 aromatic carbocycles. The summed E-state index contributed by atoms with van der Waals surface area (Å²) in [6.07, 6.45) is 5.27. The lowest BCUT2D eigenvalue weighted by Crippen LogP contribution is -2.42. The normalized spacial score (nSPS) is 14.2. The highest BCUT2D eigenvalue weighted by molar-refractivity contribution is 7.92. The second kappa shape index (κ2) is 9.90. The number of anilines is 2. The first-order chi connectivity index (χ1) is 17.0. The zero-order valence-electron chi connectivity index (χ0n) is 19.8. The second-order valence-electron chi connectivity index (χ2n) is 8.45. The van der Waals surface area contributed by atoms with Crippen molar-refractivity contribution in [1.82, 2.24) is 25.1 Å². The monoisotopic (exact) mass is 537 g/mol. The topological polar surface area (TPSA) is 140 Å². The number of halogens is 2. The summed E-state index contributed by atoms with van der Waals surface area (Å²) >= 11 is 6.19. The molecule has 0 radical (unpaired) electrons. The molecular formula is C22H25ClFN7O4S. The third-order valence-electron chi connectivity index (χ3n) is 5.60. The molecule has 14 heteroatoms. The SMILES string of the molecule is CCn1cc(-c2ccnc(NCC3(NC(=O)OC)CC3)n2)c(-c2cc(Cl)cc(NS(C)(=O)=O)c2F)n1. The quantitative estimate of drug-likeness (QED) is 0.377. The van der Waals surface area contributed by atoms with E-state index in [-0.39, 0.29) is 22.0 Å². The standard InChI is InChI=1S/C22H25ClFN7O4S/c1-4-31-11-15(19(29-31)14-9-13(23)10-17(18(14)24)30-36(3,33)34)16-5-8-25-20(27-16)26-12-22(6-7-22)28-21(32)35-2/h5,8-11,30H,4,6-7,12H2,1-3H3,(H,28,32)(H,25,26,27). The molecule has 36 heavy (non-hydrogen) atoms. The van der Waals surface area contributed by atoms with Crippen LogP contribution in [0.3, 0.4) is 0 Å². The Morgan fingerprint density at radius 3 is 2.69 bits per heavy atom. The first-order valence-corrected chi connectivity index (χ1v) is 13.3. The minimum Gasteiger partial charge on any atom is -0.453 e. The molecule has 3 N–H and O–H groups in total. The van der Waals surface area contributed by atoms with Crippen molar-refractivity contribution in [2.75, 3.05) is 29.9 Å². The Morgan fingerprint density at radius 1 is 1.31 bits per heavy atom. The van der Waals surface area contributed by atoms with Crippen molar-refractivity contribution >= 4 is 39.4 Å². The average Bonchev–Trinajstić information content (AvgIpc) is 3.45. The van der Waals surface area contributed by atoms with Crippen LogP contribution >= 0.6 is 11.6 Å². The molecule has 3 aromatic rings. The Labute approximate surface area is 212 Å². The molecular weight excluding hydrogens is 513 g/mol. The van der Waals surface area contributed by atoms with Gasteiger partial charge in [-0.15, -0.1) is 0 Å². The van der Waals surface area contributed by atoms with Crippen molar-refractivity contribution in [1.29, 1.82) is 0 Å². The van der Waals surface area contributed by atoms with Crippen molar-refractivity contribution in [2.45, 2.75) is 31.8 Å². The molecule has 0 spiro atoms. The number of methoxy groups -OCH3 is 1. The van der Waals surface area contributed by atoms with Crippen LogP contribution in [0.4, 0.5) is 20.8 Å². The van der Waals surface area contributed by atoms with E-state index in [1.165, 1.54) is 19.2 Å². The number of carbonyl (C=O) groups is 1. The van der Waals surface area contributed by atoms with E-state index < -0.39 is 27.5 Å². The summed E-state index contributed by atoms with van der Waals surface area (Å²) < 4.78 is 47.3. The Hall–Kier alpha value is -3.45. The van der Waals surface area contributed by atoms with Gasteiger partial charge < -0.3 is 15.4 Å². The summed E-state index contributed by atoms with van der Waals surface area (Å²) in [6.45, 7) is 2.78. The molecule has 0 saturated heterocycles. The molecule has 0 atom stereocenters. The predicted molar refractivity (Wildman–Crippen MR) is 134 cm³/mol. The maximum Gasteiger partial charge on any atom is 0.407 e. The van der Waals surface area contributed by atoms with Crippen LogP contribution in [-0.4, -0.2) is 59.7 Å². The van der Waals surface area contributed by atoms with E-state index >= 15 is 4.39 Å². The molecule has 4 rings (SSSR count). The van der Waals surface area contributed by atoms with E-state index in [1.54, 1.807) is 23.1 Å². The summed E-state index contributed by atoms with van der Waals surface area (Å²) in [7, 11) is -2.43. The highest BCUT2D eigenvalue weighted by Gasteiger charge is 2.44. The van der Waals surface area contributed by atoms with E-state index in [0.29, 0.717) is 30.3 Å². The molecule has 0 bridgehead atoms. The molecule has 1 aliphatic rings. The number of hydrogen-bond donors (Lipinski definition) is 3. The third-order valence-corrected chi connectivity index (χ3v) is 6.41. The summed E-state index contributed by atoms with van der Waals surface area (Å²) in [5.41, 5.74) is 0.521. The highest BCUT2D eigenvalue weighted by atomic mass is 35.5. The summed E-state index contributed by atoms with van der Waals surface area (Å²) in [5.74, 6) is -0.504. The number of benzene rings is 1. The van der Waals surface area contributed by atoms with Gasteiger partial charge in [-0.1, -0.05) is 11.6 Å². The maximum absolute atomic E-state index is 15.4. The minimum absolute atomic E-state index is 0.0168. The Morgan fingerprint density at radius 2 is 2.06 bits per heavy atom. The van der Waals surface area contributed by atoms with Gasteiger partial charge in [-0.3, -0.25) is 9.40 Å². The van der Waals surface area contributed by atoms with Crippen LogP contribution in [0.5, 0.6) is 0 Å². The first kappa shape index (κ1) is 25.6. The van der Waals surface area contributed by atoms with Gasteiger partial charge >= 0.3 is 6.09 Å². The van der Waals surface area contributed by atoms with Gasteiger partial charge in [-0.25, -0.2) is 27.6 Å². The lowest BCUT2D eigenvalue weighted by Gasteiger charge is -2.17. The molecule has 1 fully saturated rings. The first-order valence-electron chi connectivity index (χ1n) is 11.0. The predicted octanol–water partition coefficient (Wildman–Crippen LogP) is 3.49. The van der Waals surface area contributed by atoms with Crippen molar-refractivity contribution in [2.24, 2.45) is 0 Å². The van der Waals surface area contributed by atoms with Crippen molar-refractivity contribution < 1.29 is 22.3 Å². The van der Waals surface area contributed by atoms with Gasteiger partial charge in [0.2, 0.25) is 16.0 Å². The Kier molecular flexibility index (Phi) is 7.05. The molecule has 11 nitrogen and oxygen atoms in total. The van der Waals surface area contributed by atoms with Gasteiger partial charge in [0, 0.05) is 41.6 Å². The van der Waals surface area contributed by atoms with Crippen molar-refractivity contribution in [3.63, 3.8) is 0 Å². The minimum atomic E-state index is -3.74. The number of nitrogens with one attached hydrogen (secondary N) is 3. The van der Waals surface area contributed by atoms with Gasteiger partial charge in [-0.2, -0.15) is 5.10 Å². The molecule has 1 saturated carbocycles. The van der Waals surface area contributed by atoms with E-state index in [9.17, 15) is 13.2 Å². The lowest BCUT2D eigenvalue weighted by molar-refractivity contribution is 0.166. The number of aryl methyl sites for hydroxylation is 1. The van der Waals surface area contributed by atoms with Crippen LogP contribution in [0.1, 0.15) is 19.8 Å². The number of rotatable bonds is 9. The molecule has 2 heterocycles. The number of carbonyl (C=O) groups excluding carboxylic acids is 1. The van der Waals surface area contributed by atoms with Gasteiger partial charge in [0.05, 0.1) is 30.3 Å². The number of nitrogens with zero attached hydrogens (tertiary/aromatic N) is 4. The molecule has 2 aromatic heterocycles. The smallest absolute Gasteiger partial charge is 0.407 e. The summed E-state index contributed by atoms with van der Waals surface area (Å²) in [4.78, 5) is 20.4. The van der Waals surface area contributed by atoms with Crippen molar-refractivity contribution in [3.8, 4) is 22.5 Å². The van der Waals surface area contributed by atoms with E-state index in [0.717, 1.165) is 19.1 Å². The molecule has 192 valence electrons. The number of aromatic nitrogens is 4. The van der Waals surface area contributed by atoms with Gasteiger partial charge in [0.25, 0.3) is 0 Å². The van der Waals surface area contributed by atoms with Crippen LogP contribution in [0.2, 0.25) is 5.02 Å². The molecule has 0 aliphatic heterocycles. The average molecular weight is 538 g/mol. The molecule has 1 amide bonds. The van der Waals surface area contributed by atoms with Gasteiger partial charge in [0.1, 0.15) is 5.69 Å². The van der Waals surface area contributed by atoms with Crippen LogP contribution in [-0.2, 0) is 21.3 Å². The number of hydrogen-bond acceptors (Lipinski definition) is 8. The Bertz CT molecular complexity index is 1410. The van der Waals surface area contributed by atoms with Gasteiger partial charge in [0.15, 0.2) is 5.82 Å². The van der Waals surface area contributed by atoms with E-state index in [2.05, 4.69) is 35.2 Å². The fourth-order valence-corrected chi connectivity index (χ4v) is 4.38. The number of sulfonamides is 1. The fourth-order valence-electron chi connectivity index (χ4n) is 3.61. The van der Waals surface area contributed by atoms with Crippen LogP contribution < -0.4 is 15.4 Å². The number of ether oxygens (including phenoxy) is 1. The highest BCUT2D eigenvalue weighted by Crippen LogP contribution is 2.37. The summed E-state index contributed by atoms with van der Waals surface area (Å²) in [5, 5.41) is 10.6. The molecule has 0 unspecified atom stereocenters. The second-order valence-corrected chi connectivity index (χ2v) is 10.6. The van der Waals surface area contributed by atoms with Gasteiger partial charge in [-0.05, 0) is 38.0 Å². The van der Waals surface area contributed by atoms with Crippen LogP contribution in [0, 0.1) is 5.82 Å². The van der Waals surface area contributed by atoms with Crippen molar-refractivity contribution in [3.05, 3.63) is 41.4 Å². The van der Waals surface area contributed by atoms with Crippen LogP contribution in [0.15, 0.2) is 30.6 Å². The number of amides is 1. The maximum atomic E-state index is 15.4. The van der Waals surface area contributed by atoms with E-state index in [4.69, 9.17) is 11.6 Å². The molecule has 1 aliphatic carbocycles. The lowest BCUT2D eigenvalue weighted by atomic mass is 10.0. The Balaban J connectivity index is 1.68. The summed E-state index contributed by atoms with van der Waals surface area (Å²) in [6, 6.07) is 4.23. The van der Waals surface area contributed by atoms with E-state index in [1.807, 2.05) is 6.92 Å². The number of alkyl carbamates (subject to hydrolysis) is 1. The van der Waals surface area contributed by atoms with Crippen LogP contribution in [0.25, 0.3) is 22.5 Å². The third kappa shape index (κ3) is 5.85. The zero-order chi connectivity index (χ0) is 26.1. The largest absolute Gasteiger partial charge is 0.453 e.